The Balaban J connectivity index is 1.73. The first kappa shape index (κ1) is 24.2. The molecule has 7 heteroatoms. The van der Waals surface area contributed by atoms with Gasteiger partial charge in [0.05, 0.1) is 6.04 Å². The molecule has 0 aliphatic rings. The van der Waals surface area contributed by atoms with Crippen LogP contribution in [0, 0.1) is 11.3 Å². The van der Waals surface area contributed by atoms with E-state index in [4.69, 9.17) is 11.1 Å². The predicted octanol–water partition coefficient (Wildman–Crippen LogP) is 4.80. The highest BCUT2D eigenvalue weighted by molar-refractivity contribution is 9.10. The summed E-state index contributed by atoms with van der Waals surface area (Å²) in [4.78, 5) is 26.3. The quantitative estimate of drug-likeness (QED) is 0.190. The molecule has 0 fully saturated rings. The van der Waals surface area contributed by atoms with Crippen LogP contribution in [0.15, 0.2) is 83.3 Å². The molecule has 170 valence electrons. The van der Waals surface area contributed by atoms with Gasteiger partial charge in [0, 0.05) is 15.7 Å². The lowest BCUT2D eigenvalue weighted by Gasteiger charge is -2.21. The molecule has 0 spiro atoms. The molecular weight excluding hydrogens is 480 g/mol. The second-order valence-corrected chi connectivity index (χ2v) is 8.75. The zero-order valence-electron chi connectivity index (χ0n) is 18.3. The first-order valence-corrected chi connectivity index (χ1v) is 11.5. The third-order valence-electron chi connectivity index (χ3n) is 5.39. The normalized spacial score (nSPS) is 12.4. The van der Waals surface area contributed by atoms with E-state index in [0.29, 0.717) is 24.1 Å². The first-order valence-electron chi connectivity index (χ1n) is 10.7. The van der Waals surface area contributed by atoms with Crippen molar-refractivity contribution in [2.45, 2.75) is 25.8 Å². The van der Waals surface area contributed by atoms with E-state index in [0.717, 1.165) is 15.6 Å². The lowest BCUT2D eigenvalue weighted by Crippen LogP contribution is -2.39. The first-order chi connectivity index (χ1) is 15.8. The fourth-order valence-electron chi connectivity index (χ4n) is 3.45. The third-order valence-corrected chi connectivity index (χ3v) is 5.92. The molecule has 2 amide bonds. The molecule has 0 bridgehead atoms. The van der Waals surface area contributed by atoms with Gasteiger partial charge in [-0.3, -0.25) is 15.0 Å². The van der Waals surface area contributed by atoms with Crippen molar-refractivity contribution in [1.29, 1.82) is 5.41 Å². The molecule has 3 aromatic carbocycles. The second-order valence-electron chi connectivity index (χ2n) is 7.84. The smallest absolute Gasteiger partial charge is 0.236 e. The molecule has 1 unspecified atom stereocenters. The predicted molar refractivity (Wildman–Crippen MR) is 135 cm³/mol. The number of carbonyl (C=O) groups is 2. The number of nitrogens with one attached hydrogen (secondary N) is 3. The fraction of sp³-hybridized carbons (Fsp3) is 0.192. The van der Waals surface area contributed by atoms with Crippen molar-refractivity contribution in [2.24, 2.45) is 11.7 Å². The number of hydrogen-bond acceptors (Lipinski definition) is 3. The van der Waals surface area contributed by atoms with E-state index >= 15 is 0 Å². The van der Waals surface area contributed by atoms with Crippen LogP contribution in [-0.4, -0.2) is 17.6 Å². The highest BCUT2D eigenvalue weighted by atomic mass is 79.9. The van der Waals surface area contributed by atoms with Crippen LogP contribution in [0.25, 0.3) is 0 Å². The van der Waals surface area contributed by atoms with Crippen molar-refractivity contribution in [3.63, 3.8) is 0 Å². The Bertz CT molecular complexity index is 1100. The van der Waals surface area contributed by atoms with Gasteiger partial charge in [-0.15, -0.1) is 0 Å². The number of rotatable bonds is 9. The summed E-state index contributed by atoms with van der Waals surface area (Å²) >= 11 is 3.42. The van der Waals surface area contributed by atoms with Crippen LogP contribution in [0.4, 0.5) is 5.69 Å². The lowest BCUT2D eigenvalue weighted by atomic mass is 9.96. The second kappa shape index (κ2) is 11.4. The lowest BCUT2D eigenvalue weighted by molar-refractivity contribution is -0.133. The van der Waals surface area contributed by atoms with Crippen LogP contribution in [0.2, 0.25) is 0 Å². The van der Waals surface area contributed by atoms with E-state index in [1.165, 1.54) is 0 Å². The van der Waals surface area contributed by atoms with Crippen molar-refractivity contribution in [2.75, 3.05) is 5.32 Å². The van der Waals surface area contributed by atoms with Crippen LogP contribution < -0.4 is 16.4 Å². The van der Waals surface area contributed by atoms with Gasteiger partial charge in [0.25, 0.3) is 0 Å². The van der Waals surface area contributed by atoms with Crippen molar-refractivity contribution in [1.82, 2.24) is 5.32 Å². The number of nitrogens with two attached hydrogens (primary N) is 1. The third kappa shape index (κ3) is 7.02. The maximum Gasteiger partial charge on any atom is 0.236 e. The molecule has 3 aromatic rings. The van der Waals surface area contributed by atoms with E-state index in [9.17, 15) is 9.59 Å². The Morgan fingerprint density at radius 1 is 0.939 bits per heavy atom. The molecule has 33 heavy (non-hydrogen) atoms. The van der Waals surface area contributed by atoms with Gasteiger partial charge in [0.1, 0.15) is 11.8 Å². The van der Waals surface area contributed by atoms with E-state index in [-0.39, 0.29) is 23.7 Å². The number of halogens is 1. The standard InChI is InChI=1S/C26H27BrN4O2/c1-17(19-8-12-21(27)13-9-19)30-25(32)23(16-7-18-5-3-2-4-6-18)26(33)31-22-14-10-20(11-15-22)24(28)29/h2-6,8-15,17,23H,7,16H2,1H3,(H3,28,29)(H,30,32)(H,31,33)/t17-,23?/m1/s1. The van der Waals surface area contributed by atoms with Gasteiger partial charge in [0.15, 0.2) is 0 Å². The molecule has 2 atom stereocenters. The minimum absolute atomic E-state index is 0.0464. The molecular formula is C26H27BrN4O2. The minimum atomic E-state index is -0.865. The fourth-order valence-corrected chi connectivity index (χ4v) is 3.71. The monoisotopic (exact) mass is 506 g/mol. The maximum atomic E-state index is 13.2. The molecule has 0 saturated heterocycles. The summed E-state index contributed by atoms with van der Waals surface area (Å²) in [5.41, 5.74) is 8.62. The average Bonchev–Trinajstić information content (AvgIpc) is 2.80. The minimum Gasteiger partial charge on any atom is -0.384 e. The Kier molecular flexibility index (Phi) is 8.38. The summed E-state index contributed by atoms with van der Waals surface area (Å²) in [7, 11) is 0. The number of anilines is 1. The van der Waals surface area contributed by atoms with Gasteiger partial charge < -0.3 is 16.4 Å². The zero-order valence-corrected chi connectivity index (χ0v) is 19.9. The zero-order chi connectivity index (χ0) is 23.8. The van der Waals surface area contributed by atoms with E-state index in [2.05, 4.69) is 26.6 Å². The van der Waals surface area contributed by atoms with Gasteiger partial charge in [-0.1, -0.05) is 58.4 Å². The van der Waals surface area contributed by atoms with Crippen molar-refractivity contribution >= 4 is 39.3 Å². The average molecular weight is 507 g/mol. The summed E-state index contributed by atoms with van der Waals surface area (Å²) in [5.74, 6) is -1.60. The van der Waals surface area contributed by atoms with Crippen molar-refractivity contribution in [3.05, 3.63) is 100 Å². The topological polar surface area (TPSA) is 108 Å². The summed E-state index contributed by atoms with van der Waals surface area (Å²) in [5, 5.41) is 13.3. The van der Waals surface area contributed by atoms with Crippen LogP contribution in [0.3, 0.4) is 0 Å². The molecule has 3 rings (SSSR count). The van der Waals surface area contributed by atoms with Gasteiger partial charge >= 0.3 is 0 Å². The SMILES string of the molecule is C[C@@H](NC(=O)C(CCc1ccccc1)C(=O)Nc1ccc(C(=N)N)cc1)c1ccc(Br)cc1. The van der Waals surface area contributed by atoms with Crippen molar-refractivity contribution in [3.8, 4) is 0 Å². The number of benzene rings is 3. The van der Waals surface area contributed by atoms with Gasteiger partial charge in [-0.2, -0.15) is 0 Å². The number of amidine groups is 1. The molecule has 0 aliphatic heterocycles. The van der Waals surface area contributed by atoms with Gasteiger partial charge in [-0.05, 0) is 67.3 Å². The van der Waals surface area contributed by atoms with E-state index in [1.54, 1.807) is 24.3 Å². The van der Waals surface area contributed by atoms with Gasteiger partial charge in [-0.25, -0.2) is 0 Å². The summed E-state index contributed by atoms with van der Waals surface area (Å²) < 4.78 is 0.959. The summed E-state index contributed by atoms with van der Waals surface area (Å²) in [6.45, 7) is 1.90. The van der Waals surface area contributed by atoms with Crippen LogP contribution in [0.5, 0.6) is 0 Å². The largest absolute Gasteiger partial charge is 0.384 e. The Labute approximate surface area is 202 Å². The summed E-state index contributed by atoms with van der Waals surface area (Å²) in [6.07, 6.45) is 0.975. The molecule has 6 nitrogen and oxygen atoms in total. The molecule has 0 heterocycles. The molecule has 0 saturated carbocycles. The number of carbonyl (C=O) groups excluding carboxylic acids is 2. The highest BCUT2D eigenvalue weighted by Crippen LogP contribution is 2.19. The molecule has 5 N–H and O–H groups in total. The van der Waals surface area contributed by atoms with Crippen molar-refractivity contribution < 1.29 is 9.59 Å². The van der Waals surface area contributed by atoms with E-state index in [1.807, 2.05) is 61.5 Å². The van der Waals surface area contributed by atoms with Gasteiger partial charge in [0.2, 0.25) is 11.8 Å². The number of aryl methyl sites for hydroxylation is 1. The molecule has 0 radical (unpaired) electrons. The number of amides is 2. The molecule has 0 aliphatic carbocycles. The Hall–Kier alpha value is -3.45. The van der Waals surface area contributed by atoms with Crippen LogP contribution in [-0.2, 0) is 16.0 Å². The Morgan fingerprint density at radius 2 is 1.58 bits per heavy atom. The highest BCUT2D eigenvalue weighted by Gasteiger charge is 2.28. The van der Waals surface area contributed by atoms with Crippen LogP contribution in [0.1, 0.15) is 36.1 Å². The van der Waals surface area contributed by atoms with Crippen LogP contribution >= 0.6 is 15.9 Å². The maximum absolute atomic E-state index is 13.2. The Morgan fingerprint density at radius 3 is 2.18 bits per heavy atom. The molecule has 0 aromatic heterocycles. The number of hydrogen-bond donors (Lipinski definition) is 4. The number of nitrogen functional groups attached to an aromatic ring is 1. The van der Waals surface area contributed by atoms with E-state index < -0.39 is 5.92 Å². The summed E-state index contributed by atoms with van der Waals surface area (Å²) in [6, 6.07) is 23.9.